The summed E-state index contributed by atoms with van der Waals surface area (Å²) in [5.41, 5.74) is 9.06. The number of likely N-dealkylation sites (tertiary alicyclic amines) is 1. The lowest BCUT2D eigenvalue weighted by atomic mass is 9.95. The van der Waals surface area contributed by atoms with E-state index in [2.05, 4.69) is 51.8 Å². The maximum absolute atomic E-state index is 14.5. The molecule has 4 aromatic rings. The number of H-pyrrole nitrogens is 2. The number of carboxylic acids is 1. The second kappa shape index (κ2) is 32.4. The zero-order chi connectivity index (χ0) is 58.2. The van der Waals surface area contributed by atoms with Gasteiger partial charge in [-0.2, -0.15) is 0 Å². The van der Waals surface area contributed by atoms with Gasteiger partial charge in [0.25, 0.3) is 5.97 Å². The Morgan fingerprint density at radius 2 is 1.24 bits per heavy atom. The lowest BCUT2D eigenvalue weighted by Crippen LogP contribution is -2.60. The lowest BCUT2D eigenvalue weighted by molar-refractivity contribution is -0.145. The molecule has 432 valence electrons. The van der Waals surface area contributed by atoms with Gasteiger partial charge in [0.2, 0.25) is 35.4 Å². The van der Waals surface area contributed by atoms with Crippen LogP contribution in [0.2, 0.25) is 0 Å². The van der Waals surface area contributed by atoms with Crippen molar-refractivity contribution in [3.05, 3.63) is 108 Å². The van der Waals surface area contributed by atoms with Crippen molar-refractivity contribution in [3.8, 4) is 0 Å². The second-order valence-electron chi connectivity index (χ2n) is 20.8. The molecule has 0 spiro atoms. The van der Waals surface area contributed by atoms with Crippen molar-refractivity contribution in [2.45, 2.75) is 154 Å². The summed E-state index contributed by atoms with van der Waals surface area (Å²) in [7, 11) is 1.25. The number of benzene rings is 2. The third-order valence-electron chi connectivity index (χ3n) is 13.6. The van der Waals surface area contributed by atoms with E-state index in [0.717, 1.165) is 18.1 Å². The maximum atomic E-state index is 14.5. The van der Waals surface area contributed by atoms with Gasteiger partial charge >= 0.3 is 5.97 Å². The van der Waals surface area contributed by atoms with E-state index in [0.29, 0.717) is 43.6 Å². The van der Waals surface area contributed by atoms with Crippen LogP contribution in [0.3, 0.4) is 0 Å². The molecule has 0 bridgehead atoms. The first-order valence-corrected chi connectivity index (χ1v) is 26.9. The summed E-state index contributed by atoms with van der Waals surface area (Å²) in [4.78, 5) is 122. The molecule has 5 rings (SSSR count). The van der Waals surface area contributed by atoms with Gasteiger partial charge in [-0.1, -0.05) is 109 Å². The number of aromatic nitrogens is 4. The van der Waals surface area contributed by atoms with Gasteiger partial charge in [-0.15, -0.1) is 0 Å². The summed E-state index contributed by atoms with van der Waals surface area (Å²) in [6.45, 7) is 12.5. The molecule has 1 aliphatic heterocycles. The van der Waals surface area contributed by atoms with Crippen molar-refractivity contribution in [3.63, 3.8) is 0 Å². The number of aromatic amines is 2. The van der Waals surface area contributed by atoms with E-state index in [4.69, 9.17) is 20.4 Å². The summed E-state index contributed by atoms with van der Waals surface area (Å²) < 4.78 is 5.01. The van der Waals surface area contributed by atoms with Crippen LogP contribution in [0.1, 0.15) is 96.7 Å². The minimum absolute atomic E-state index is 0.0205. The minimum atomic E-state index is -1.24. The molecular weight excluding hydrogens is 1020 g/mol. The van der Waals surface area contributed by atoms with Crippen molar-refractivity contribution >= 4 is 47.4 Å². The van der Waals surface area contributed by atoms with Crippen LogP contribution in [0.4, 0.5) is 0 Å². The van der Waals surface area contributed by atoms with Gasteiger partial charge in [0.15, 0.2) is 0 Å². The highest BCUT2D eigenvalue weighted by Crippen LogP contribution is 2.20. The van der Waals surface area contributed by atoms with Gasteiger partial charge < -0.3 is 67.5 Å². The highest BCUT2D eigenvalue weighted by atomic mass is 16.5. The molecule has 10 atom stereocenters. The standard InChI is InChI=1S/C54H78N12O9.C2H4O2/c1-8-34(6)47(52(72)64-43(54(74)75-7)24-36-18-13-10-14-19-36)65-51(71)46(33(4)5)58-29-45(67)40(22-32(2)3)61-49(69)42(26-38-28-57-31-60-38)62-48(68)41(23-35-16-11-9-12-17-35)63-50(70)44-20-15-21-66(44)53(73)39(55)25-37-27-56-30-59-37;1-2(3)4/h9-14,16-19,27-28,30-34,39-47,58,67H,8,15,20-26,29,55H2,1-7H3,(H,56,59)(H,57,60)(H,61,69)(H,62,68)(H,63,70)(H,64,72)(H,65,71);1H3,(H,3,4)/t34-,39-,40-,41-,42-,43-,44-,45?,46-,47-;/m0./s1. The van der Waals surface area contributed by atoms with E-state index < -0.39 is 102 Å². The third-order valence-corrected chi connectivity index (χ3v) is 13.6. The molecule has 23 heteroatoms. The summed E-state index contributed by atoms with van der Waals surface area (Å²) >= 11 is 0. The highest BCUT2D eigenvalue weighted by Gasteiger charge is 2.39. The Bertz CT molecular complexity index is 2530. The number of imidazole rings is 2. The normalized spacial score (nSPS) is 16.6. The summed E-state index contributed by atoms with van der Waals surface area (Å²) in [6, 6.07) is 10.3. The fraction of sp³-hybridized carbons (Fsp3) is 0.536. The fourth-order valence-electron chi connectivity index (χ4n) is 9.18. The number of aliphatic carboxylic acids is 1. The predicted molar refractivity (Wildman–Crippen MR) is 294 cm³/mol. The average Bonchev–Trinajstić information content (AvgIpc) is 4.25. The number of carboxylic acid groups (broad SMARTS) is 1. The van der Waals surface area contributed by atoms with Gasteiger partial charge in [0.05, 0.1) is 44.0 Å². The number of methoxy groups -OCH3 is 1. The number of amides is 6. The van der Waals surface area contributed by atoms with Gasteiger partial charge in [-0.25, -0.2) is 14.8 Å². The van der Waals surface area contributed by atoms with Crippen LogP contribution in [0.5, 0.6) is 0 Å². The molecule has 3 heterocycles. The number of hydrogen-bond donors (Lipinski definition) is 11. The molecule has 23 nitrogen and oxygen atoms in total. The lowest BCUT2D eigenvalue weighted by Gasteiger charge is -2.32. The van der Waals surface area contributed by atoms with Crippen LogP contribution < -0.4 is 37.6 Å². The van der Waals surface area contributed by atoms with E-state index in [1.165, 1.54) is 30.9 Å². The number of hydrogen-bond acceptors (Lipinski definition) is 14. The number of aliphatic hydroxyl groups excluding tert-OH is 1. The number of esters is 1. The molecule has 1 unspecified atom stereocenters. The summed E-state index contributed by atoms with van der Waals surface area (Å²) in [5.74, 6) is -5.40. The Labute approximate surface area is 462 Å². The molecule has 79 heavy (non-hydrogen) atoms. The highest BCUT2D eigenvalue weighted by molar-refractivity contribution is 5.96. The smallest absolute Gasteiger partial charge is 0.328 e. The van der Waals surface area contributed by atoms with Crippen molar-refractivity contribution in [1.29, 1.82) is 0 Å². The Morgan fingerprint density at radius 1 is 0.722 bits per heavy atom. The fourth-order valence-corrected chi connectivity index (χ4v) is 9.18. The number of aliphatic hydroxyl groups is 1. The maximum Gasteiger partial charge on any atom is 0.328 e. The molecule has 1 fully saturated rings. The number of nitrogens with two attached hydrogens (primary N) is 1. The molecular formula is C56H82N12O11. The van der Waals surface area contributed by atoms with Crippen LogP contribution in [0.15, 0.2) is 85.7 Å². The Balaban J connectivity index is 0.00000325. The zero-order valence-electron chi connectivity index (χ0n) is 46.6. The number of ether oxygens (including phenoxy) is 1. The van der Waals surface area contributed by atoms with Gasteiger partial charge in [-0.3, -0.25) is 33.6 Å². The van der Waals surface area contributed by atoms with Crippen LogP contribution in [0, 0.1) is 17.8 Å². The van der Waals surface area contributed by atoms with Crippen LogP contribution >= 0.6 is 0 Å². The predicted octanol–water partition coefficient (Wildman–Crippen LogP) is 1.48. The van der Waals surface area contributed by atoms with Gasteiger partial charge in [0.1, 0.15) is 30.2 Å². The molecule has 1 aliphatic rings. The quantitative estimate of drug-likeness (QED) is 0.0343. The van der Waals surface area contributed by atoms with Gasteiger partial charge in [0, 0.05) is 69.5 Å². The first kappa shape index (κ1) is 64.0. The molecule has 12 N–H and O–H groups in total. The molecule has 2 aromatic heterocycles. The molecule has 1 saturated heterocycles. The number of nitrogens with one attached hydrogen (secondary N) is 8. The van der Waals surface area contributed by atoms with Crippen molar-refractivity contribution in [2.75, 3.05) is 20.2 Å². The Hall–Kier alpha value is -7.50. The number of carbonyl (C=O) groups excluding carboxylic acids is 7. The van der Waals surface area contributed by atoms with E-state index in [1.807, 2.05) is 102 Å². The number of rotatable bonds is 29. The largest absolute Gasteiger partial charge is 0.481 e. The van der Waals surface area contributed by atoms with E-state index in [1.54, 1.807) is 6.20 Å². The van der Waals surface area contributed by atoms with Crippen LogP contribution in [-0.2, 0) is 68.8 Å². The van der Waals surface area contributed by atoms with Crippen LogP contribution in [0.25, 0.3) is 0 Å². The molecule has 0 radical (unpaired) electrons. The van der Waals surface area contributed by atoms with Crippen molar-refractivity contribution in [2.24, 2.45) is 23.5 Å². The van der Waals surface area contributed by atoms with Gasteiger partial charge in [-0.05, 0) is 48.1 Å². The SMILES string of the molecule is CC(=O)O.CC[C@H](C)[C@H](NC(=O)[C@@H](NCC(O)[C@H](CC(C)C)NC(=O)[C@H](Cc1cnc[nH]1)NC(=O)[C@H](Cc1ccccc1)NC(=O)[C@@H]1CCCN1C(=O)[C@@H](N)Cc1cnc[nH]1)C(C)C)C(=O)N[C@@H](Cc1ccccc1)C(=O)OC. The third kappa shape index (κ3) is 21.0. The number of carbonyl (C=O) groups is 8. The summed E-state index contributed by atoms with van der Waals surface area (Å²) in [6.07, 6.45) is 6.98. The monoisotopic (exact) mass is 1100 g/mol. The summed E-state index contributed by atoms with van der Waals surface area (Å²) in [5, 5.41) is 36.8. The first-order valence-electron chi connectivity index (χ1n) is 26.9. The number of nitrogens with zero attached hydrogens (tertiary/aromatic N) is 3. The topological polar surface area (TPSA) is 345 Å². The Kier molecular flexibility index (Phi) is 26.3. The first-order chi connectivity index (χ1) is 37.6. The van der Waals surface area contributed by atoms with E-state index >= 15 is 0 Å². The van der Waals surface area contributed by atoms with Crippen molar-refractivity contribution < 1.29 is 53.3 Å². The molecule has 6 amide bonds. The van der Waals surface area contributed by atoms with E-state index in [-0.39, 0.29) is 50.0 Å². The molecule has 0 saturated carbocycles. The molecule has 0 aliphatic carbocycles. The average molecular weight is 1100 g/mol. The second-order valence-corrected chi connectivity index (χ2v) is 20.8. The molecule has 2 aromatic carbocycles. The minimum Gasteiger partial charge on any atom is -0.481 e. The van der Waals surface area contributed by atoms with Crippen molar-refractivity contribution in [1.82, 2.24) is 56.7 Å². The zero-order valence-corrected chi connectivity index (χ0v) is 46.6. The van der Waals surface area contributed by atoms with Crippen LogP contribution in [-0.4, -0.2) is 157 Å². The Morgan fingerprint density at radius 3 is 1.76 bits per heavy atom. The van der Waals surface area contributed by atoms with E-state index in [9.17, 15) is 38.7 Å².